The Morgan fingerprint density at radius 1 is 1.24 bits per heavy atom. The lowest BCUT2D eigenvalue weighted by atomic mass is 10.0. The number of aromatic amines is 1. The van der Waals surface area contributed by atoms with Crippen molar-refractivity contribution in [3.8, 4) is 0 Å². The summed E-state index contributed by atoms with van der Waals surface area (Å²) >= 11 is 0. The van der Waals surface area contributed by atoms with Crippen molar-refractivity contribution in [2.45, 2.75) is 39.0 Å². The zero-order valence-corrected chi connectivity index (χ0v) is 15.4. The first-order valence-corrected chi connectivity index (χ1v) is 8.78. The lowest BCUT2D eigenvalue weighted by Crippen LogP contribution is -2.48. The van der Waals surface area contributed by atoms with Gasteiger partial charge in [0.25, 0.3) is 5.91 Å². The highest BCUT2D eigenvalue weighted by atomic mass is 16.5. The van der Waals surface area contributed by atoms with Crippen molar-refractivity contribution in [3.63, 3.8) is 0 Å². The Hall–Kier alpha value is -1.93. The summed E-state index contributed by atoms with van der Waals surface area (Å²) in [5.74, 6) is -0.00901. The quantitative estimate of drug-likeness (QED) is 0.837. The number of aromatic nitrogens is 2. The number of fused-ring (bicyclic) bond motifs is 1. The molecule has 2 unspecified atom stereocenters. The van der Waals surface area contributed by atoms with E-state index in [2.05, 4.69) is 10.2 Å². The Kier molecular flexibility index (Phi) is 5.10. The molecule has 25 heavy (non-hydrogen) atoms. The summed E-state index contributed by atoms with van der Waals surface area (Å²) in [6.45, 7) is 6.53. The van der Waals surface area contributed by atoms with Crippen LogP contribution in [0.2, 0.25) is 0 Å². The highest BCUT2D eigenvalue weighted by Crippen LogP contribution is 2.23. The van der Waals surface area contributed by atoms with Crippen LogP contribution in [0.4, 0.5) is 0 Å². The Bertz CT molecular complexity index is 647. The number of ether oxygens (including phenoxy) is 1. The van der Waals surface area contributed by atoms with Gasteiger partial charge in [0.1, 0.15) is 0 Å². The van der Waals surface area contributed by atoms with Crippen molar-refractivity contribution >= 4 is 11.8 Å². The molecule has 8 heteroatoms. The molecule has 0 saturated carbocycles. The van der Waals surface area contributed by atoms with Crippen molar-refractivity contribution in [1.29, 1.82) is 0 Å². The maximum atomic E-state index is 13.0. The molecule has 3 heterocycles. The molecule has 0 bridgehead atoms. The van der Waals surface area contributed by atoms with E-state index < -0.39 is 0 Å². The molecular weight excluding hydrogens is 322 g/mol. The zero-order chi connectivity index (χ0) is 18.1. The molecule has 2 atom stereocenters. The summed E-state index contributed by atoms with van der Waals surface area (Å²) < 4.78 is 5.70. The number of carbonyl (C=O) groups is 2. The molecule has 1 aromatic heterocycles. The van der Waals surface area contributed by atoms with E-state index >= 15 is 0 Å². The lowest BCUT2D eigenvalue weighted by molar-refractivity contribution is -0.132. The Balaban J connectivity index is 1.76. The third kappa shape index (κ3) is 3.85. The lowest BCUT2D eigenvalue weighted by Gasteiger charge is -2.35. The van der Waals surface area contributed by atoms with Crippen LogP contribution in [0.3, 0.4) is 0 Å². The zero-order valence-electron chi connectivity index (χ0n) is 15.4. The summed E-state index contributed by atoms with van der Waals surface area (Å²) in [5, 5.41) is 7.26. The monoisotopic (exact) mass is 349 g/mol. The molecule has 1 N–H and O–H groups in total. The molecule has 0 aromatic carbocycles. The highest BCUT2D eigenvalue weighted by molar-refractivity contribution is 5.94. The molecule has 2 amide bonds. The minimum Gasteiger partial charge on any atom is -0.372 e. The van der Waals surface area contributed by atoms with Crippen LogP contribution in [0.5, 0.6) is 0 Å². The van der Waals surface area contributed by atoms with Crippen LogP contribution in [-0.2, 0) is 22.5 Å². The number of carbonyl (C=O) groups excluding carboxylic acids is 2. The Morgan fingerprint density at radius 2 is 1.92 bits per heavy atom. The molecule has 1 saturated heterocycles. The number of likely N-dealkylation sites (N-methyl/N-ethyl adjacent to an activating group) is 1. The van der Waals surface area contributed by atoms with Crippen LogP contribution < -0.4 is 0 Å². The first-order valence-electron chi connectivity index (χ1n) is 8.78. The molecule has 3 rings (SSSR count). The number of nitrogens with zero attached hydrogens (tertiary/aromatic N) is 4. The average Bonchev–Trinajstić information content (AvgIpc) is 2.95. The highest BCUT2D eigenvalue weighted by Gasteiger charge is 2.32. The van der Waals surface area contributed by atoms with Crippen molar-refractivity contribution in [2.24, 2.45) is 0 Å². The predicted molar refractivity (Wildman–Crippen MR) is 92.2 cm³/mol. The van der Waals surface area contributed by atoms with Crippen molar-refractivity contribution in [3.05, 3.63) is 17.0 Å². The fourth-order valence-electron chi connectivity index (χ4n) is 3.55. The van der Waals surface area contributed by atoms with E-state index in [1.807, 2.05) is 32.8 Å². The summed E-state index contributed by atoms with van der Waals surface area (Å²) in [5.41, 5.74) is 2.26. The van der Waals surface area contributed by atoms with E-state index in [0.29, 0.717) is 44.8 Å². The molecule has 0 aliphatic carbocycles. The van der Waals surface area contributed by atoms with E-state index in [0.717, 1.165) is 11.3 Å². The first-order chi connectivity index (χ1) is 11.8. The van der Waals surface area contributed by atoms with Crippen LogP contribution in [0, 0.1) is 0 Å². The second-order valence-corrected chi connectivity index (χ2v) is 7.30. The molecular formula is C17H27N5O3. The average molecular weight is 349 g/mol. The third-order valence-electron chi connectivity index (χ3n) is 4.65. The van der Waals surface area contributed by atoms with E-state index in [1.165, 1.54) is 0 Å². The maximum absolute atomic E-state index is 13.0. The fourth-order valence-corrected chi connectivity index (χ4v) is 3.55. The normalized spacial score (nSPS) is 23.7. The number of hydrogen-bond donors (Lipinski definition) is 1. The Labute approximate surface area is 148 Å². The molecule has 2 aliphatic heterocycles. The van der Waals surface area contributed by atoms with Crippen LogP contribution in [0.15, 0.2) is 0 Å². The van der Waals surface area contributed by atoms with Gasteiger partial charge < -0.3 is 19.4 Å². The van der Waals surface area contributed by atoms with Gasteiger partial charge in [0.05, 0.1) is 18.8 Å². The van der Waals surface area contributed by atoms with Gasteiger partial charge in [-0.05, 0) is 27.9 Å². The van der Waals surface area contributed by atoms with E-state index in [1.54, 1.807) is 9.80 Å². The summed E-state index contributed by atoms with van der Waals surface area (Å²) in [6.07, 6.45) is 0.728. The van der Waals surface area contributed by atoms with Gasteiger partial charge in [0, 0.05) is 43.9 Å². The third-order valence-corrected chi connectivity index (χ3v) is 4.65. The summed E-state index contributed by atoms with van der Waals surface area (Å²) in [4.78, 5) is 30.8. The van der Waals surface area contributed by atoms with Gasteiger partial charge in [-0.25, -0.2) is 0 Å². The van der Waals surface area contributed by atoms with Crippen molar-refractivity contribution in [2.75, 3.05) is 40.3 Å². The minimum absolute atomic E-state index is 0.0145. The SMILES string of the molecule is CC1CN(C(=O)c2n[nH]c3c2CN(C(=O)CN(C)C)CC3)CC(C)O1. The van der Waals surface area contributed by atoms with Crippen molar-refractivity contribution < 1.29 is 14.3 Å². The molecule has 0 radical (unpaired) electrons. The molecule has 8 nitrogen and oxygen atoms in total. The molecule has 1 fully saturated rings. The fraction of sp³-hybridized carbons (Fsp3) is 0.706. The van der Waals surface area contributed by atoms with Gasteiger partial charge in [-0.15, -0.1) is 0 Å². The summed E-state index contributed by atoms with van der Waals surface area (Å²) in [6, 6.07) is 0. The first kappa shape index (κ1) is 17.9. The molecule has 1 aromatic rings. The van der Waals surface area contributed by atoms with Gasteiger partial charge >= 0.3 is 0 Å². The van der Waals surface area contributed by atoms with Crippen LogP contribution >= 0.6 is 0 Å². The van der Waals surface area contributed by atoms with Crippen molar-refractivity contribution in [1.82, 2.24) is 24.9 Å². The maximum Gasteiger partial charge on any atom is 0.274 e. The minimum atomic E-state index is -0.0820. The van der Waals surface area contributed by atoms with Gasteiger partial charge in [-0.3, -0.25) is 14.7 Å². The second-order valence-electron chi connectivity index (χ2n) is 7.30. The van der Waals surface area contributed by atoms with Crippen LogP contribution in [0.25, 0.3) is 0 Å². The number of H-pyrrole nitrogens is 1. The number of amides is 2. The van der Waals surface area contributed by atoms with Crippen LogP contribution in [0.1, 0.15) is 35.6 Å². The number of morpholine rings is 1. The van der Waals surface area contributed by atoms with Gasteiger partial charge in [-0.2, -0.15) is 5.10 Å². The second kappa shape index (κ2) is 7.13. The summed E-state index contributed by atoms with van der Waals surface area (Å²) in [7, 11) is 3.75. The number of hydrogen-bond acceptors (Lipinski definition) is 5. The largest absolute Gasteiger partial charge is 0.372 e. The topological polar surface area (TPSA) is 81.8 Å². The Morgan fingerprint density at radius 3 is 2.56 bits per heavy atom. The van der Waals surface area contributed by atoms with Gasteiger partial charge in [0.2, 0.25) is 5.91 Å². The van der Waals surface area contributed by atoms with Crippen LogP contribution in [-0.4, -0.2) is 89.2 Å². The molecule has 2 aliphatic rings. The van der Waals surface area contributed by atoms with E-state index in [9.17, 15) is 9.59 Å². The molecule has 138 valence electrons. The van der Waals surface area contributed by atoms with Gasteiger partial charge in [0.15, 0.2) is 5.69 Å². The van der Waals surface area contributed by atoms with Gasteiger partial charge in [-0.1, -0.05) is 0 Å². The molecule has 0 spiro atoms. The standard InChI is InChI=1S/C17H27N5O3/c1-11-7-22(8-12(2)25-11)17(24)16-13-9-21(15(23)10-20(3)4)6-5-14(13)18-19-16/h11-12H,5-10H2,1-4H3,(H,18,19). The van der Waals surface area contributed by atoms with E-state index in [4.69, 9.17) is 4.74 Å². The van der Waals surface area contributed by atoms with E-state index in [-0.39, 0.29) is 24.0 Å². The number of nitrogens with one attached hydrogen (secondary N) is 1. The predicted octanol–water partition coefficient (Wildman–Crippen LogP) is 0.105. The number of rotatable bonds is 3. The smallest absolute Gasteiger partial charge is 0.274 e.